The van der Waals surface area contributed by atoms with Crippen LogP contribution in [0.4, 0.5) is 0 Å². The number of rotatable bonds is 3. The Morgan fingerprint density at radius 2 is 1.87 bits per heavy atom. The van der Waals surface area contributed by atoms with Crippen LogP contribution in [0.3, 0.4) is 0 Å². The lowest BCUT2D eigenvalue weighted by molar-refractivity contribution is 0.0928. The minimum atomic E-state index is 0.396. The molecule has 88 valence electrons. The van der Waals surface area contributed by atoms with Crippen LogP contribution in [0.1, 0.15) is 39.5 Å². The van der Waals surface area contributed by atoms with Gasteiger partial charge in [-0.05, 0) is 50.5 Å². The predicted octanol–water partition coefficient (Wildman–Crippen LogP) is 2.09. The van der Waals surface area contributed by atoms with E-state index < -0.39 is 0 Å². The van der Waals surface area contributed by atoms with Gasteiger partial charge in [0.2, 0.25) is 0 Å². The second kappa shape index (κ2) is 4.42. The maximum Gasteiger partial charge on any atom is 0.0270 e. The lowest BCUT2D eigenvalue weighted by atomic mass is 9.76. The van der Waals surface area contributed by atoms with E-state index in [0.29, 0.717) is 12.1 Å². The Labute approximate surface area is 94.2 Å². The maximum absolute atomic E-state index is 6.32. The number of hydrogen-bond donors (Lipinski definition) is 1. The van der Waals surface area contributed by atoms with Gasteiger partial charge in [-0.2, -0.15) is 0 Å². The summed E-state index contributed by atoms with van der Waals surface area (Å²) in [5.74, 6) is 2.57. The van der Waals surface area contributed by atoms with Gasteiger partial charge in [-0.15, -0.1) is 0 Å². The van der Waals surface area contributed by atoms with Crippen LogP contribution in [0.15, 0.2) is 0 Å². The molecule has 0 spiro atoms. The monoisotopic (exact) mass is 210 g/mol. The molecule has 2 heteroatoms. The van der Waals surface area contributed by atoms with Crippen molar-refractivity contribution >= 4 is 0 Å². The molecule has 4 unspecified atom stereocenters. The van der Waals surface area contributed by atoms with Crippen LogP contribution in [-0.2, 0) is 0 Å². The van der Waals surface area contributed by atoms with Gasteiger partial charge in [-0.25, -0.2) is 0 Å². The van der Waals surface area contributed by atoms with Gasteiger partial charge in [0.15, 0.2) is 0 Å². The summed E-state index contributed by atoms with van der Waals surface area (Å²) in [6, 6.07) is 1.02. The molecule has 2 rings (SSSR count). The third-order valence-electron chi connectivity index (χ3n) is 4.22. The topological polar surface area (TPSA) is 29.3 Å². The molecule has 2 aliphatic rings. The summed E-state index contributed by atoms with van der Waals surface area (Å²) < 4.78 is 0. The van der Waals surface area contributed by atoms with Crippen LogP contribution >= 0.6 is 0 Å². The summed E-state index contributed by atoms with van der Waals surface area (Å²) in [5, 5.41) is 0. The third-order valence-corrected chi connectivity index (χ3v) is 4.22. The molecule has 2 aliphatic carbocycles. The van der Waals surface area contributed by atoms with E-state index in [1.54, 1.807) is 0 Å². The second-order valence-electron chi connectivity index (χ2n) is 6.09. The lowest BCUT2D eigenvalue weighted by Gasteiger charge is -2.43. The summed E-state index contributed by atoms with van der Waals surface area (Å²) in [6.07, 6.45) is 5.45. The molecule has 0 aromatic heterocycles. The van der Waals surface area contributed by atoms with Crippen molar-refractivity contribution in [3.05, 3.63) is 0 Å². The number of hydrogen-bond acceptors (Lipinski definition) is 2. The Kier molecular flexibility index (Phi) is 3.36. The average molecular weight is 210 g/mol. The summed E-state index contributed by atoms with van der Waals surface area (Å²) in [6.45, 7) is 5.99. The van der Waals surface area contributed by atoms with Gasteiger partial charge in [-0.3, -0.25) is 0 Å². The fourth-order valence-corrected chi connectivity index (χ4v) is 3.49. The van der Waals surface area contributed by atoms with E-state index in [2.05, 4.69) is 25.8 Å². The van der Waals surface area contributed by atoms with E-state index in [-0.39, 0.29) is 0 Å². The fourth-order valence-electron chi connectivity index (χ4n) is 3.49. The molecule has 2 fully saturated rings. The van der Waals surface area contributed by atoms with Crippen LogP contribution in [-0.4, -0.2) is 30.6 Å². The molecular formula is C13H26N2. The SMILES string of the molecule is CC1CC(C)C(N(C)CC2CC2)C(N)C1. The first-order valence-corrected chi connectivity index (χ1v) is 6.53. The first-order chi connectivity index (χ1) is 7.08. The van der Waals surface area contributed by atoms with Gasteiger partial charge < -0.3 is 10.6 Å². The predicted molar refractivity (Wildman–Crippen MR) is 64.7 cm³/mol. The molecule has 0 bridgehead atoms. The maximum atomic E-state index is 6.32. The highest BCUT2D eigenvalue weighted by Gasteiger charge is 2.36. The molecule has 0 aromatic rings. The van der Waals surface area contributed by atoms with Crippen LogP contribution < -0.4 is 5.73 Å². The summed E-state index contributed by atoms with van der Waals surface area (Å²) in [7, 11) is 2.27. The molecule has 0 radical (unpaired) electrons. The fraction of sp³-hybridized carbons (Fsp3) is 1.00. The highest BCUT2D eigenvalue weighted by molar-refractivity contribution is 4.92. The standard InChI is InChI=1S/C13H26N2/c1-9-6-10(2)13(12(14)7-9)15(3)8-11-4-5-11/h9-13H,4-8,14H2,1-3H3. The molecule has 0 aliphatic heterocycles. The first-order valence-electron chi connectivity index (χ1n) is 6.53. The van der Waals surface area contributed by atoms with Gasteiger partial charge in [-0.1, -0.05) is 13.8 Å². The Morgan fingerprint density at radius 1 is 1.20 bits per heavy atom. The van der Waals surface area contributed by atoms with Crippen molar-refractivity contribution in [2.24, 2.45) is 23.5 Å². The van der Waals surface area contributed by atoms with E-state index in [0.717, 1.165) is 17.8 Å². The van der Waals surface area contributed by atoms with E-state index in [9.17, 15) is 0 Å². The number of likely N-dealkylation sites (N-methyl/N-ethyl adjacent to an activating group) is 1. The average Bonchev–Trinajstić information content (AvgIpc) is 2.85. The normalized spacial score (nSPS) is 42.2. The zero-order chi connectivity index (χ0) is 11.0. The van der Waals surface area contributed by atoms with Gasteiger partial charge in [0.1, 0.15) is 0 Å². The van der Waals surface area contributed by atoms with Crippen molar-refractivity contribution in [3.8, 4) is 0 Å². The van der Waals surface area contributed by atoms with Crippen LogP contribution in [0.25, 0.3) is 0 Å². The highest BCUT2D eigenvalue weighted by atomic mass is 15.2. The van der Waals surface area contributed by atoms with E-state index in [1.807, 2.05) is 0 Å². The number of nitrogens with zero attached hydrogens (tertiary/aromatic N) is 1. The number of nitrogens with two attached hydrogens (primary N) is 1. The molecule has 2 N–H and O–H groups in total. The smallest absolute Gasteiger partial charge is 0.0270 e. The van der Waals surface area contributed by atoms with Crippen molar-refractivity contribution < 1.29 is 0 Å². The van der Waals surface area contributed by atoms with Gasteiger partial charge in [0.25, 0.3) is 0 Å². The lowest BCUT2D eigenvalue weighted by Crippen LogP contribution is -2.54. The third kappa shape index (κ3) is 2.73. The molecular weight excluding hydrogens is 184 g/mol. The Hall–Kier alpha value is -0.0800. The van der Waals surface area contributed by atoms with Crippen LogP contribution in [0, 0.1) is 17.8 Å². The van der Waals surface area contributed by atoms with E-state index >= 15 is 0 Å². The molecule has 0 heterocycles. The minimum absolute atomic E-state index is 0.396. The highest BCUT2D eigenvalue weighted by Crippen LogP contribution is 2.34. The van der Waals surface area contributed by atoms with Crippen molar-refractivity contribution in [1.82, 2.24) is 4.90 Å². The minimum Gasteiger partial charge on any atom is -0.326 e. The summed E-state index contributed by atoms with van der Waals surface area (Å²) >= 11 is 0. The van der Waals surface area contributed by atoms with E-state index in [1.165, 1.54) is 32.2 Å². The molecule has 2 saturated carbocycles. The Balaban J connectivity index is 1.92. The Bertz CT molecular complexity index is 201. The van der Waals surface area contributed by atoms with Crippen molar-refractivity contribution in [1.29, 1.82) is 0 Å². The zero-order valence-electron chi connectivity index (χ0n) is 10.4. The molecule has 15 heavy (non-hydrogen) atoms. The quantitative estimate of drug-likeness (QED) is 0.773. The summed E-state index contributed by atoms with van der Waals surface area (Å²) in [4.78, 5) is 2.54. The van der Waals surface area contributed by atoms with Crippen LogP contribution in [0.5, 0.6) is 0 Å². The van der Waals surface area contributed by atoms with Crippen molar-refractivity contribution in [2.75, 3.05) is 13.6 Å². The van der Waals surface area contributed by atoms with Gasteiger partial charge in [0.05, 0.1) is 0 Å². The molecule has 0 amide bonds. The largest absolute Gasteiger partial charge is 0.326 e. The van der Waals surface area contributed by atoms with Gasteiger partial charge >= 0.3 is 0 Å². The second-order valence-corrected chi connectivity index (χ2v) is 6.09. The Morgan fingerprint density at radius 3 is 2.40 bits per heavy atom. The molecule has 0 saturated heterocycles. The summed E-state index contributed by atoms with van der Waals surface area (Å²) in [5.41, 5.74) is 6.32. The van der Waals surface area contributed by atoms with Crippen LogP contribution in [0.2, 0.25) is 0 Å². The first kappa shape index (κ1) is 11.4. The zero-order valence-corrected chi connectivity index (χ0v) is 10.4. The van der Waals surface area contributed by atoms with Gasteiger partial charge in [0, 0.05) is 18.6 Å². The van der Waals surface area contributed by atoms with E-state index in [4.69, 9.17) is 5.73 Å². The van der Waals surface area contributed by atoms with Crippen molar-refractivity contribution in [3.63, 3.8) is 0 Å². The molecule has 0 aromatic carbocycles. The molecule has 4 atom stereocenters. The van der Waals surface area contributed by atoms with Crippen molar-refractivity contribution in [2.45, 2.75) is 51.6 Å². The molecule has 2 nitrogen and oxygen atoms in total.